The topological polar surface area (TPSA) is 46.1 Å². The number of carbonyl (C=O) groups is 1. The van der Waals surface area contributed by atoms with Crippen LogP contribution >= 0.6 is 22.7 Å². The second-order valence-electron chi connectivity index (χ2n) is 6.01. The van der Waals surface area contributed by atoms with Crippen LogP contribution in [0.15, 0.2) is 35.8 Å². The summed E-state index contributed by atoms with van der Waals surface area (Å²) < 4.78 is 0. The molecule has 0 radical (unpaired) electrons. The van der Waals surface area contributed by atoms with Crippen LogP contribution in [0.1, 0.15) is 31.7 Å². The first-order valence-corrected chi connectivity index (χ1v) is 9.86. The molecule has 0 bridgehead atoms. The molecule has 0 unspecified atom stereocenters. The van der Waals surface area contributed by atoms with Gasteiger partial charge in [0.1, 0.15) is 0 Å². The highest BCUT2D eigenvalue weighted by Gasteiger charge is 2.19. The summed E-state index contributed by atoms with van der Waals surface area (Å²) in [5, 5.41) is 1.01. The van der Waals surface area contributed by atoms with E-state index in [1.54, 1.807) is 22.7 Å². The molecule has 0 aliphatic rings. The number of hydrogen-bond acceptors (Lipinski definition) is 5. The van der Waals surface area contributed by atoms with Crippen molar-refractivity contribution in [2.75, 3.05) is 0 Å². The average molecular weight is 372 g/mol. The molecular weight excluding hydrogens is 350 g/mol. The van der Waals surface area contributed by atoms with E-state index in [0.717, 1.165) is 31.7 Å². The molecule has 0 fully saturated rings. The number of benzene rings is 1. The zero-order chi connectivity index (χ0) is 17.8. The molecule has 0 saturated heterocycles. The summed E-state index contributed by atoms with van der Waals surface area (Å²) in [6.07, 6.45) is 0.405. The van der Waals surface area contributed by atoms with E-state index in [-0.39, 0.29) is 5.91 Å². The minimum Gasteiger partial charge on any atom is -0.333 e. The molecule has 3 rings (SSSR count). The van der Waals surface area contributed by atoms with Gasteiger partial charge in [0.25, 0.3) is 0 Å². The monoisotopic (exact) mass is 371 g/mol. The summed E-state index contributed by atoms with van der Waals surface area (Å²) in [6, 6.07) is 10.1. The van der Waals surface area contributed by atoms with Crippen LogP contribution in [0.25, 0.3) is 0 Å². The normalized spacial score (nSPS) is 10.8. The minimum atomic E-state index is 0.128. The maximum absolute atomic E-state index is 13.0. The van der Waals surface area contributed by atoms with Gasteiger partial charge in [-0.15, -0.1) is 22.7 Å². The van der Waals surface area contributed by atoms with Gasteiger partial charge in [-0.1, -0.05) is 30.3 Å². The van der Waals surface area contributed by atoms with E-state index in [0.29, 0.717) is 19.5 Å². The van der Waals surface area contributed by atoms with Gasteiger partial charge in [0.15, 0.2) is 0 Å². The van der Waals surface area contributed by atoms with Crippen LogP contribution in [0.4, 0.5) is 0 Å². The third-order valence-corrected chi connectivity index (χ3v) is 6.05. The molecule has 25 heavy (non-hydrogen) atoms. The number of hydrogen-bond donors (Lipinski definition) is 0. The van der Waals surface area contributed by atoms with Gasteiger partial charge in [0, 0.05) is 16.3 Å². The van der Waals surface area contributed by atoms with Gasteiger partial charge >= 0.3 is 0 Å². The van der Waals surface area contributed by atoms with Gasteiger partial charge in [-0.2, -0.15) is 0 Å². The summed E-state index contributed by atoms with van der Waals surface area (Å²) in [6.45, 7) is 7.15. The Morgan fingerprint density at radius 2 is 1.80 bits per heavy atom. The lowest BCUT2D eigenvalue weighted by Gasteiger charge is -2.22. The Morgan fingerprint density at radius 3 is 2.40 bits per heavy atom. The first-order chi connectivity index (χ1) is 12.0. The zero-order valence-corrected chi connectivity index (χ0v) is 16.3. The van der Waals surface area contributed by atoms with E-state index >= 15 is 0 Å². The van der Waals surface area contributed by atoms with Crippen LogP contribution in [0, 0.1) is 20.8 Å². The summed E-state index contributed by atoms with van der Waals surface area (Å²) in [5.74, 6) is 0.128. The third kappa shape index (κ3) is 4.52. The van der Waals surface area contributed by atoms with Crippen molar-refractivity contribution < 1.29 is 4.79 Å². The van der Waals surface area contributed by atoms with E-state index < -0.39 is 0 Å². The molecule has 6 heteroatoms. The van der Waals surface area contributed by atoms with Crippen LogP contribution < -0.4 is 0 Å². The molecule has 0 atom stereocenters. The van der Waals surface area contributed by atoms with E-state index in [2.05, 4.69) is 22.1 Å². The zero-order valence-electron chi connectivity index (χ0n) is 14.7. The Morgan fingerprint density at radius 1 is 1.04 bits per heavy atom. The standard InChI is InChI=1S/C19H21N3OS2/c1-13-18(24-12-20-13)11-22(10-16-7-5-4-6-8-16)19(23)9-17-14(2)21-15(3)25-17/h4-8,12H,9-11H2,1-3H3. The lowest BCUT2D eigenvalue weighted by molar-refractivity contribution is -0.131. The van der Waals surface area contributed by atoms with Crippen LogP contribution in [0.3, 0.4) is 0 Å². The van der Waals surface area contributed by atoms with Gasteiger partial charge in [0.2, 0.25) is 5.91 Å². The maximum atomic E-state index is 13.0. The number of rotatable bonds is 6. The highest BCUT2D eigenvalue weighted by Crippen LogP contribution is 2.21. The summed E-state index contributed by atoms with van der Waals surface area (Å²) in [5.41, 5.74) is 4.94. The van der Waals surface area contributed by atoms with E-state index in [1.165, 1.54) is 0 Å². The molecular formula is C19H21N3OS2. The van der Waals surface area contributed by atoms with E-state index in [9.17, 15) is 4.79 Å². The summed E-state index contributed by atoms with van der Waals surface area (Å²) in [4.78, 5) is 25.9. The van der Waals surface area contributed by atoms with Crippen molar-refractivity contribution >= 4 is 28.6 Å². The Kier molecular flexibility index (Phi) is 5.60. The van der Waals surface area contributed by atoms with Crippen molar-refractivity contribution in [2.45, 2.75) is 40.3 Å². The van der Waals surface area contributed by atoms with Crippen LogP contribution in [0.5, 0.6) is 0 Å². The van der Waals surface area contributed by atoms with Crippen LogP contribution in [0.2, 0.25) is 0 Å². The second-order valence-corrected chi connectivity index (χ2v) is 8.24. The predicted octanol–water partition coefficient (Wildman–Crippen LogP) is 4.30. The first-order valence-electron chi connectivity index (χ1n) is 8.16. The first kappa shape index (κ1) is 17.8. The molecule has 0 aliphatic heterocycles. The van der Waals surface area contributed by atoms with Crippen molar-refractivity contribution in [3.8, 4) is 0 Å². The maximum Gasteiger partial charge on any atom is 0.228 e. The molecule has 1 aromatic carbocycles. The van der Waals surface area contributed by atoms with Gasteiger partial charge in [-0.05, 0) is 26.3 Å². The van der Waals surface area contributed by atoms with Crippen LogP contribution in [-0.4, -0.2) is 20.8 Å². The lowest BCUT2D eigenvalue weighted by Crippen LogP contribution is -2.31. The molecule has 2 aromatic heterocycles. The van der Waals surface area contributed by atoms with E-state index in [4.69, 9.17) is 0 Å². The Bertz CT molecular complexity index is 855. The number of aryl methyl sites for hydroxylation is 3. The Hall–Kier alpha value is -2.05. The molecule has 1 amide bonds. The van der Waals surface area contributed by atoms with Crippen LogP contribution in [-0.2, 0) is 24.3 Å². The quantitative estimate of drug-likeness (QED) is 0.649. The molecule has 0 aliphatic carbocycles. The third-order valence-electron chi connectivity index (χ3n) is 4.06. The van der Waals surface area contributed by atoms with Crippen molar-refractivity contribution in [1.29, 1.82) is 0 Å². The highest BCUT2D eigenvalue weighted by molar-refractivity contribution is 7.11. The average Bonchev–Trinajstić information content (AvgIpc) is 3.13. The van der Waals surface area contributed by atoms with E-state index in [1.807, 2.05) is 49.4 Å². The molecule has 4 nitrogen and oxygen atoms in total. The highest BCUT2D eigenvalue weighted by atomic mass is 32.1. The minimum absolute atomic E-state index is 0.128. The smallest absolute Gasteiger partial charge is 0.228 e. The van der Waals surface area contributed by atoms with Gasteiger partial charge in [-0.25, -0.2) is 9.97 Å². The largest absolute Gasteiger partial charge is 0.333 e. The molecule has 0 saturated carbocycles. The number of nitrogens with zero attached hydrogens (tertiary/aromatic N) is 3. The van der Waals surface area contributed by atoms with Gasteiger partial charge < -0.3 is 4.90 Å². The Labute approximate surface area is 156 Å². The Balaban J connectivity index is 1.80. The number of thiazole rings is 2. The predicted molar refractivity (Wildman–Crippen MR) is 103 cm³/mol. The fourth-order valence-electron chi connectivity index (χ4n) is 2.67. The van der Waals surface area contributed by atoms with Crippen molar-refractivity contribution in [3.05, 3.63) is 67.6 Å². The number of aromatic nitrogens is 2. The van der Waals surface area contributed by atoms with Crippen molar-refractivity contribution in [3.63, 3.8) is 0 Å². The SMILES string of the molecule is Cc1nc(C)c(CC(=O)N(Cc2ccccc2)Cc2scnc2C)s1. The second kappa shape index (κ2) is 7.89. The fraction of sp³-hybridized carbons (Fsp3) is 0.316. The number of amides is 1. The molecule has 3 aromatic rings. The van der Waals surface area contributed by atoms with Gasteiger partial charge in [-0.3, -0.25) is 4.79 Å². The van der Waals surface area contributed by atoms with Gasteiger partial charge in [0.05, 0.1) is 34.9 Å². The molecule has 0 N–H and O–H groups in total. The fourth-order valence-corrected chi connectivity index (χ4v) is 4.39. The summed E-state index contributed by atoms with van der Waals surface area (Å²) in [7, 11) is 0. The van der Waals surface area contributed by atoms with Crippen molar-refractivity contribution in [1.82, 2.24) is 14.9 Å². The molecule has 2 heterocycles. The molecule has 0 spiro atoms. The summed E-state index contributed by atoms with van der Waals surface area (Å²) >= 11 is 3.21. The van der Waals surface area contributed by atoms with Crippen molar-refractivity contribution in [2.24, 2.45) is 0 Å². The number of carbonyl (C=O) groups excluding carboxylic acids is 1. The molecule has 130 valence electrons. The lowest BCUT2D eigenvalue weighted by atomic mass is 10.2.